The number of rotatable bonds is 18. The van der Waals surface area contributed by atoms with Crippen molar-refractivity contribution in [1.29, 1.82) is 0 Å². The van der Waals surface area contributed by atoms with E-state index in [-0.39, 0.29) is 23.3 Å². The van der Waals surface area contributed by atoms with E-state index in [1.165, 1.54) is 81.3 Å². The van der Waals surface area contributed by atoms with Gasteiger partial charge in [0.25, 0.3) is 0 Å². The number of carbonyl (C=O) groups excluding carboxylic acids is 2. The number of anilines is 1. The topological polar surface area (TPSA) is 59.1 Å². The number of hydrogen-bond acceptors (Lipinski definition) is 6. The summed E-state index contributed by atoms with van der Waals surface area (Å²) in [5, 5.41) is 0. The van der Waals surface area contributed by atoms with Crippen molar-refractivity contribution >= 4 is 17.6 Å². The van der Waals surface area contributed by atoms with E-state index >= 15 is 0 Å². The minimum absolute atomic E-state index is 0.0176. The molecule has 45 heavy (non-hydrogen) atoms. The van der Waals surface area contributed by atoms with E-state index in [1.807, 2.05) is 6.92 Å². The molecule has 1 aliphatic heterocycles. The Morgan fingerprint density at radius 2 is 1.38 bits per heavy atom. The predicted octanol–water partition coefficient (Wildman–Crippen LogP) is 8.98. The normalized spacial score (nSPS) is 14.8. The standard InChI is InChI=1S/C35H48F4N2O4/c1-3-5-7-9-10-11-13-21-40-22-24-41(25-23-40)28-17-20-30(31(36)26-28)34(43)44-29-18-15-27(16-19-29)33(42)45-32(35(37,38)39)14-12-8-6-4-2/h15-20,26,32H,3-14,21-25H2,1-2H3/t32-/m1/s1. The lowest BCUT2D eigenvalue weighted by Crippen LogP contribution is -2.46. The molecule has 0 spiro atoms. The third-order valence-electron chi connectivity index (χ3n) is 8.22. The SMILES string of the molecule is CCCCCCCCCN1CCN(c2ccc(C(=O)Oc3ccc(C(=O)O[C@H](CCCCCC)C(F)(F)F)cc3)c(F)c2)CC1. The number of benzene rings is 2. The van der Waals surface area contributed by atoms with Gasteiger partial charge in [-0.1, -0.05) is 71.6 Å². The van der Waals surface area contributed by atoms with Gasteiger partial charge in [0.2, 0.25) is 0 Å². The monoisotopic (exact) mass is 636 g/mol. The number of unbranched alkanes of at least 4 members (excludes halogenated alkanes) is 9. The van der Waals surface area contributed by atoms with Crippen LogP contribution >= 0.6 is 0 Å². The van der Waals surface area contributed by atoms with Gasteiger partial charge in [-0.25, -0.2) is 14.0 Å². The first-order valence-corrected chi connectivity index (χ1v) is 16.5. The quantitative estimate of drug-likeness (QED) is 0.0705. The molecule has 2 aromatic carbocycles. The largest absolute Gasteiger partial charge is 0.449 e. The van der Waals surface area contributed by atoms with Gasteiger partial charge >= 0.3 is 18.1 Å². The van der Waals surface area contributed by atoms with Crippen molar-refractivity contribution < 1.29 is 36.6 Å². The number of hydrogen-bond donors (Lipinski definition) is 0. The Labute approximate surface area is 265 Å². The highest BCUT2D eigenvalue weighted by Gasteiger charge is 2.42. The summed E-state index contributed by atoms with van der Waals surface area (Å²) >= 11 is 0. The second-order valence-electron chi connectivity index (χ2n) is 11.8. The van der Waals surface area contributed by atoms with Crippen LogP contribution in [0.25, 0.3) is 0 Å². The third kappa shape index (κ3) is 12.3. The number of halogens is 4. The molecule has 0 bridgehead atoms. The molecule has 1 fully saturated rings. The number of esters is 2. The third-order valence-corrected chi connectivity index (χ3v) is 8.22. The lowest BCUT2D eigenvalue weighted by Gasteiger charge is -2.36. The van der Waals surface area contributed by atoms with Crippen molar-refractivity contribution in [2.24, 2.45) is 0 Å². The fourth-order valence-electron chi connectivity index (χ4n) is 5.45. The maximum absolute atomic E-state index is 15.0. The van der Waals surface area contributed by atoms with Crippen molar-refractivity contribution in [3.8, 4) is 5.75 Å². The molecule has 0 radical (unpaired) electrons. The fraction of sp³-hybridized carbons (Fsp3) is 0.600. The molecule has 0 aliphatic carbocycles. The Morgan fingerprint density at radius 3 is 1.98 bits per heavy atom. The van der Waals surface area contributed by atoms with Crippen LogP contribution in [0.2, 0.25) is 0 Å². The van der Waals surface area contributed by atoms with Crippen LogP contribution in [-0.2, 0) is 4.74 Å². The first-order valence-electron chi connectivity index (χ1n) is 16.5. The van der Waals surface area contributed by atoms with Crippen LogP contribution in [0.3, 0.4) is 0 Å². The van der Waals surface area contributed by atoms with Gasteiger partial charge in [0.1, 0.15) is 11.6 Å². The Bertz CT molecular complexity index is 1180. The van der Waals surface area contributed by atoms with Gasteiger partial charge in [-0.2, -0.15) is 13.2 Å². The van der Waals surface area contributed by atoms with Crippen molar-refractivity contribution in [2.75, 3.05) is 37.6 Å². The first-order chi connectivity index (χ1) is 21.6. The Morgan fingerprint density at radius 1 is 0.778 bits per heavy atom. The number of ether oxygens (including phenoxy) is 2. The fourth-order valence-corrected chi connectivity index (χ4v) is 5.45. The summed E-state index contributed by atoms with van der Waals surface area (Å²) in [7, 11) is 0. The van der Waals surface area contributed by atoms with Gasteiger partial charge in [-0.15, -0.1) is 0 Å². The highest BCUT2D eigenvalue weighted by atomic mass is 19.4. The molecular weight excluding hydrogens is 588 g/mol. The van der Waals surface area contributed by atoms with E-state index in [9.17, 15) is 27.2 Å². The van der Waals surface area contributed by atoms with E-state index in [2.05, 4.69) is 16.7 Å². The molecule has 0 saturated carbocycles. The van der Waals surface area contributed by atoms with Gasteiger partial charge in [0, 0.05) is 31.9 Å². The van der Waals surface area contributed by atoms with E-state index in [0.29, 0.717) is 18.5 Å². The minimum atomic E-state index is -4.67. The second kappa shape index (κ2) is 18.7. The average Bonchev–Trinajstić information content (AvgIpc) is 3.02. The zero-order valence-electron chi connectivity index (χ0n) is 26.7. The molecule has 0 N–H and O–H groups in total. The molecule has 250 valence electrons. The summed E-state index contributed by atoms with van der Waals surface area (Å²) in [6, 6.07) is 9.37. The average molecular weight is 637 g/mol. The number of carbonyl (C=O) groups is 2. The zero-order valence-corrected chi connectivity index (χ0v) is 26.7. The lowest BCUT2D eigenvalue weighted by molar-refractivity contribution is -0.206. The van der Waals surface area contributed by atoms with Crippen LogP contribution in [-0.4, -0.2) is 61.8 Å². The molecular formula is C35H48F4N2O4. The van der Waals surface area contributed by atoms with Crippen molar-refractivity contribution in [3.05, 3.63) is 59.4 Å². The van der Waals surface area contributed by atoms with Crippen LogP contribution < -0.4 is 9.64 Å². The summed E-state index contributed by atoms with van der Waals surface area (Å²) in [6.07, 6.45) is 4.41. The van der Waals surface area contributed by atoms with Gasteiger partial charge < -0.3 is 14.4 Å². The first kappa shape index (κ1) is 36.3. The maximum Gasteiger partial charge on any atom is 0.425 e. The summed E-state index contributed by atoms with van der Waals surface area (Å²) in [6.45, 7) is 8.61. The van der Waals surface area contributed by atoms with Gasteiger partial charge in [-0.05, 0) is 68.3 Å². The Hall–Kier alpha value is -3.14. The zero-order chi connectivity index (χ0) is 32.7. The van der Waals surface area contributed by atoms with E-state index in [0.717, 1.165) is 45.6 Å². The van der Waals surface area contributed by atoms with Crippen LogP contribution in [0.15, 0.2) is 42.5 Å². The van der Waals surface area contributed by atoms with Crippen LogP contribution in [0.4, 0.5) is 23.2 Å². The predicted molar refractivity (Wildman–Crippen MR) is 168 cm³/mol. The molecule has 1 atom stereocenters. The Kier molecular flexibility index (Phi) is 15.1. The highest BCUT2D eigenvalue weighted by molar-refractivity contribution is 5.92. The maximum atomic E-state index is 15.0. The molecule has 10 heteroatoms. The molecule has 1 heterocycles. The summed E-state index contributed by atoms with van der Waals surface area (Å²) in [5.41, 5.74) is 0.344. The van der Waals surface area contributed by atoms with E-state index in [4.69, 9.17) is 9.47 Å². The van der Waals surface area contributed by atoms with Crippen molar-refractivity contribution in [2.45, 2.75) is 103 Å². The molecule has 6 nitrogen and oxygen atoms in total. The second-order valence-corrected chi connectivity index (χ2v) is 11.8. The highest BCUT2D eigenvalue weighted by Crippen LogP contribution is 2.29. The molecule has 3 rings (SSSR count). The molecule has 1 aliphatic rings. The van der Waals surface area contributed by atoms with Crippen molar-refractivity contribution in [3.63, 3.8) is 0 Å². The molecule has 0 amide bonds. The Balaban J connectivity index is 1.47. The molecule has 1 saturated heterocycles. The summed E-state index contributed by atoms with van der Waals surface area (Å²) in [4.78, 5) is 29.6. The van der Waals surface area contributed by atoms with E-state index in [1.54, 1.807) is 6.07 Å². The molecule has 0 aromatic heterocycles. The minimum Gasteiger partial charge on any atom is -0.449 e. The van der Waals surface area contributed by atoms with Crippen LogP contribution in [0, 0.1) is 5.82 Å². The van der Waals surface area contributed by atoms with Gasteiger partial charge in [0.15, 0.2) is 6.10 Å². The van der Waals surface area contributed by atoms with Gasteiger partial charge in [0.05, 0.1) is 11.1 Å². The van der Waals surface area contributed by atoms with Crippen LogP contribution in [0.5, 0.6) is 5.75 Å². The lowest BCUT2D eigenvalue weighted by atomic mass is 10.1. The van der Waals surface area contributed by atoms with E-state index < -0.39 is 30.0 Å². The van der Waals surface area contributed by atoms with Gasteiger partial charge in [-0.3, -0.25) is 4.90 Å². The smallest absolute Gasteiger partial charge is 0.425 e. The number of nitrogens with zero attached hydrogens (tertiary/aromatic N) is 2. The van der Waals surface area contributed by atoms with Crippen molar-refractivity contribution in [1.82, 2.24) is 4.90 Å². The molecule has 0 unspecified atom stereocenters. The number of piperazine rings is 1. The number of alkyl halides is 3. The van der Waals surface area contributed by atoms with Crippen LogP contribution in [0.1, 0.15) is 112 Å². The summed E-state index contributed by atoms with van der Waals surface area (Å²) < 4.78 is 65.1. The molecule has 2 aromatic rings. The summed E-state index contributed by atoms with van der Waals surface area (Å²) in [5.74, 6) is -2.73.